The fourth-order valence-corrected chi connectivity index (χ4v) is 1.47. The van der Waals surface area contributed by atoms with Gasteiger partial charge >= 0.3 is 5.97 Å². The summed E-state index contributed by atoms with van der Waals surface area (Å²) < 4.78 is 0. The van der Waals surface area contributed by atoms with E-state index in [1.807, 2.05) is 0 Å². The molecule has 0 aromatic rings. The van der Waals surface area contributed by atoms with Gasteiger partial charge in [-0.05, 0) is 19.3 Å². The molecular formula is C7H13NO3. The van der Waals surface area contributed by atoms with Crippen LogP contribution in [0, 0.1) is 0 Å². The van der Waals surface area contributed by atoms with Crippen molar-refractivity contribution in [3.05, 3.63) is 0 Å². The van der Waals surface area contributed by atoms with E-state index in [2.05, 4.69) is 0 Å². The van der Waals surface area contributed by atoms with E-state index in [0.717, 1.165) is 0 Å². The van der Waals surface area contributed by atoms with Gasteiger partial charge in [-0.25, -0.2) is 0 Å². The van der Waals surface area contributed by atoms with E-state index in [1.165, 1.54) is 0 Å². The number of aliphatic hydroxyl groups is 1. The quantitative estimate of drug-likeness (QED) is 0.490. The number of hydrogen-bond acceptors (Lipinski definition) is 3. The topological polar surface area (TPSA) is 83.6 Å². The molecule has 1 aliphatic rings. The van der Waals surface area contributed by atoms with Gasteiger partial charge in [-0.1, -0.05) is 0 Å². The lowest BCUT2D eigenvalue weighted by Gasteiger charge is -2.31. The molecule has 0 aliphatic heterocycles. The van der Waals surface area contributed by atoms with Gasteiger partial charge in [0.05, 0.1) is 6.10 Å². The first-order valence-corrected chi connectivity index (χ1v) is 3.75. The molecule has 2 atom stereocenters. The second-order valence-electron chi connectivity index (χ2n) is 3.21. The minimum absolute atomic E-state index is 0.183. The largest absolute Gasteiger partial charge is 0.480 e. The Hall–Kier alpha value is -0.610. The van der Waals surface area contributed by atoms with Crippen molar-refractivity contribution in [3.8, 4) is 0 Å². The molecule has 0 heterocycles. The van der Waals surface area contributed by atoms with Crippen molar-refractivity contribution in [2.75, 3.05) is 0 Å². The first-order valence-electron chi connectivity index (χ1n) is 3.75. The normalized spacial score (nSPS) is 38.5. The highest BCUT2D eigenvalue weighted by molar-refractivity contribution is 5.78. The zero-order chi connectivity index (χ0) is 8.48. The maximum Gasteiger partial charge on any atom is 0.323 e. The van der Waals surface area contributed by atoms with Crippen LogP contribution in [0.5, 0.6) is 0 Å². The molecule has 4 N–H and O–H groups in total. The first kappa shape index (κ1) is 8.49. The SMILES string of the molecule is NC1(C(=O)O)CCCC(O)C1. The number of aliphatic hydroxyl groups excluding tert-OH is 1. The molecule has 0 aromatic carbocycles. The predicted molar refractivity (Wildman–Crippen MR) is 39.0 cm³/mol. The number of aliphatic carboxylic acids is 1. The molecule has 11 heavy (non-hydrogen) atoms. The third-order valence-electron chi connectivity index (χ3n) is 2.19. The number of carboxylic acids is 1. The summed E-state index contributed by atoms with van der Waals surface area (Å²) in [6.07, 6.45) is 1.49. The Morgan fingerprint density at radius 2 is 2.27 bits per heavy atom. The van der Waals surface area contributed by atoms with Gasteiger partial charge < -0.3 is 15.9 Å². The fraction of sp³-hybridized carbons (Fsp3) is 0.857. The van der Waals surface area contributed by atoms with E-state index >= 15 is 0 Å². The zero-order valence-corrected chi connectivity index (χ0v) is 6.29. The summed E-state index contributed by atoms with van der Waals surface area (Å²) in [7, 11) is 0. The molecule has 0 bridgehead atoms. The van der Waals surface area contributed by atoms with Crippen LogP contribution in [0.4, 0.5) is 0 Å². The molecule has 4 heteroatoms. The van der Waals surface area contributed by atoms with Crippen LogP contribution in [0.25, 0.3) is 0 Å². The summed E-state index contributed by atoms with van der Waals surface area (Å²) in [5.74, 6) is -1.00. The van der Waals surface area contributed by atoms with Crippen molar-refractivity contribution >= 4 is 5.97 Å². The van der Waals surface area contributed by atoms with Crippen LogP contribution in [0.2, 0.25) is 0 Å². The Morgan fingerprint density at radius 3 is 2.64 bits per heavy atom. The maximum absolute atomic E-state index is 10.6. The van der Waals surface area contributed by atoms with Crippen molar-refractivity contribution in [1.82, 2.24) is 0 Å². The zero-order valence-electron chi connectivity index (χ0n) is 6.29. The Bertz CT molecular complexity index is 171. The second kappa shape index (κ2) is 2.79. The summed E-state index contributed by atoms with van der Waals surface area (Å²) >= 11 is 0. The Morgan fingerprint density at radius 1 is 1.64 bits per heavy atom. The summed E-state index contributed by atoms with van der Waals surface area (Å²) in [5, 5.41) is 17.8. The third kappa shape index (κ3) is 1.70. The fourth-order valence-electron chi connectivity index (χ4n) is 1.47. The lowest BCUT2D eigenvalue weighted by molar-refractivity contribution is -0.146. The molecule has 4 nitrogen and oxygen atoms in total. The van der Waals surface area contributed by atoms with Crippen LogP contribution in [-0.4, -0.2) is 27.8 Å². The summed E-state index contributed by atoms with van der Waals surface area (Å²) in [4.78, 5) is 10.6. The van der Waals surface area contributed by atoms with E-state index in [4.69, 9.17) is 15.9 Å². The molecule has 0 radical (unpaired) electrons. The van der Waals surface area contributed by atoms with Crippen LogP contribution >= 0.6 is 0 Å². The third-order valence-corrected chi connectivity index (χ3v) is 2.19. The number of hydrogen-bond donors (Lipinski definition) is 3. The molecule has 0 aromatic heterocycles. The van der Waals surface area contributed by atoms with E-state index in [9.17, 15) is 4.79 Å². The number of carbonyl (C=O) groups is 1. The lowest BCUT2D eigenvalue weighted by Crippen LogP contribution is -2.52. The van der Waals surface area contributed by atoms with Gasteiger partial charge in [0.1, 0.15) is 5.54 Å². The van der Waals surface area contributed by atoms with E-state index < -0.39 is 17.6 Å². The van der Waals surface area contributed by atoms with Gasteiger partial charge in [-0.3, -0.25) is 4.79 Å². The van der Waals surface area contributed by atoms with Gasteiger partial charge in [0.25, 0.3) is 0 Å². The number of nitrogens with two attached hydrogens (primary N) is 1. The smallest absolute Gasteiger partial charge is 0.323 e. The van der Waals surface area contributed by atoms with Crippen molar-refractivity contribution in [1.29, 1.82) is 0 Å². The Kier molecular flexibility index (Phi) is 2.15. The van der Waals surface area contributed by atoms with Crippen LogP contribution in [0.3, 0.4) is 0 Å². The molecule has 1 rings (SSSR count). The van der Waals surface area contributed by atoms with Gasteiger partial charge in [0, 0.05) is 6.42 Å². The first-order chi connectivity index (χ1) is 5.04. The minimum Gasteiger partial charge on any atom is -0.480 e. The average Bonchev–Trinajstić information content (AvgIpc) is 1.86. The standard InChI is InChI=1S/C7H13NO3/c8-7(6(10)11)3-1-2-5(9)4-7/h5,9H,1-4,8H2,(H,10,11). The van der Waals surface area contributed by atoms with Gasteiger partial charge in [0.2, 0.25) is 0 Å². The number of carboxylic acid groups (broad SMARTS) is 1. The maximum atomic E-state index is 10.6. The second-order valence-corrected chi connectivity index (χ2v) is 3.21. The van der Waals surface area contributed by atoms with E-state index in [1.54, 1.807) is 0 Å². The van der Waals surface area contributed by atoms with Gasteiger partial charge in [-0.15, -0.1) is 0 Å². The molecule has 0 spiro atoms. The van der Waals surface area contributed by atoms with Crippen LogP contribution in [0.1, 0.15) is 25.7 Å². The lowest BCUT2D eigenvalue weighted by atomic mass is 9.81. The summed E-state index contributed by atoms with van der Waals surface area (Å²) in [6.45, 7) is 0. The molecule has 0 amide bonds. The molecule has 1 aliphatic carbocycles. The molecular weight excluding hydrogens is 146 g/mol. The van der Waals surface area contributed by atoms with E-state index in [-0.39, 0.29) is 6.42 Å². The predicted octanol–water partition coefficient (Wildman–Crippen LogP) is -0.297. The Balaban J connectivity index is 2.63. The highest BCUT2D eigenvalue weighted by Crippen LogP contribution is 2.26. The van der Waals surface area contributed by atoms with Crippen molar-refractivity contribution < 1.29 is 15.0 Å². The van der Waals surface area contributed by atoms with E-state index in [0.29, 0.717) is 19.3 Å². The van der Waals surface area contributed by atoms with Crippen LogP contribution < -0.4 is 5.73 Å². The number of rotatable bonds is 1. The molecule has 2 unspecified atom stereocenters. The van der Waals surface area contributed by atoms with Gasteiger partial charge in [0.15, 0.2) is 0 Å². The minimum atomic E-state index is -1.18. The molecule has 64 valence electrons. The van der Waals surface area contributed by atoms with Crippen molar-refractivity contribution in [3.63, 3.8) is 0 Å². The molecule has 1 saturated carbocycles. The van der Waals surface area contributed by atoms with Gasteiger partial charge in [-0.2, -0.15) is 0 Å². The van der Waals surface area contributed by atoms with Crippen LogP contribution in [0.15, 0.2) is 0 Å². The Labute approximate surface area is 65.0 Å². The average molecular weight is 159 g/mol. The van der Waals surface area contributed by atoms with Crippen molar-refractivity contribution in [2.45, 2.75) is 37.3 Å². The summed E-state index contributed by atoms with van der Waals surface area (Å²) in [5.41, 5.74) is 4.35. The monoisotopic (exact) mass is 159 g/mol. The summed E-state index contributed by atoms with van der Waals surface area (Å²) in [6, 6.07) is 0. The highest BCUT2D eigenvalue weighted by Gasteiger charge is 2.38. The molecule has 1 fully saturated rings. The van der Waals surface area contributed by atoms with Crippen molar-refractivity contribution in [2.24, 2.45) is 5.73 Å². The molecule has 0 saturated heterocycles. The van der Waals surface area contributed by atoms with Crippen LogP contribution in [-0.2, 0) is 4.79 Å². The highest BCUT2D eigenvalue weighted by atomic mass is 16.4.